The highest BCUT2D eigenvalue weighted by molar-refractivity contribution is 7.99. The highest BCUT2D eigenvalue weighted by Gasteiger charge is 2.23. The molecule has 32 heavy (non-hydrogen) atoms. The van der Waals surface area contributed by atoms with E-state index < -0.39 is 0 Å². The number of ether oxygens (including phenoxy) is 1. The van der Waals surface area contributed by atoms with Gasteiger partial charge >= 0.3 is 0 Å². The third-order valence-corrected chi connectivity index (χ3v) is 7.25. The second kappa shape index (κ2) is 8.68. The van der Waals surface area contributed by atoms with E-state index in [2.05, 4.69) is 21.6 Å². The van der Waals surface area contributed by atoms with Crippen LogP contribution in [-0.4, -0.2) is 43.5 Å². The Hall–Kier alpha value is -2.69. The van der Waals surface area contributed by atoms with Crippen molar-refractivity contribution in [1.29, 1.82) is 0 Å². The Morgan fingerprint density at radius 3 is 2.84 bits per heavy atom. The van der Waals surface area contributed by atoms with Crippen LogP contribution in [0.5, 0.6) is 0 Å². The van der Waals surface area contributed by atoms with Crippen molar-refractivity contribution >= 4 is 50.7 Å². The summed E-state index contributed by atoms with van der Waals surface area (Å²) in [6.07, 6.45) is 1.93. The summed E-state index contributed by atoms with van der Waals surface area (Å²) in [5.74, 6) is 0.546. The van der Waals surface area contributed by atoms with E-state index in [-0.39, 0.29) is 23.3 Å². The molecule has 0 bridgehead atoms. The monoisotopic (exact) mass is 469 g/mol. The number of hydrogen-bond acceptors (Lipinski definition) is 7. The fraction of sp³-hybridized carbons (Fsp3) is 0.364. The molecule has 1 aromatic carbocycles. The van der Waals surface area contributed by atoms with E-state index in [0.717, 1.165) is 41.8 Å². The van der Waals surface area contributed by atoms with Gasteiger partial charge in [0.15, 0.2) is 5.16 Å². The van der Waals surface area contributed by atoms with Crippen molar-refractivity contribution in [3.05, 3.63) is 51.1 Å². The largest absolute Gasteiger partial charge is 0.376 e. The van der Waals surface area contributed by atoms with E-state index in [4.69, 9.17) is 4.74 Å². The van der Waals surface area contributed by atoms with Crippen molar-refractivity contribution < 1.29 is 9.53 Å². The predicted molar refractivity (Wildman–Crippen MR) is 127 cm³/mol. The van der Waals surface area contributed by atoms with Crippen molar-refractivity contribution in [2.45, 2.75) is 44.5 Å². The first kappa shape index (κ1) is 21.2. The molecule has 166 valence electrons. The molecule has 0 spiro atoms. The van der Waals surface area contributed by atoms with Gasteiger partial charge in [-0.2, -0.15) is 0 Å². The van der Waals surface area contributed by atoms with Gasteiger partial charge in [-0.1, -0.05) is 17.8 Å². The van der Waals surface area contributed by atoms with Crippen molar-refractivity contribution in [2.24, 2.45) is 0 Å². The van der Waals surface area contributed by atoms with E-state index in [1.54, 1.807) is 4.57 Å². The van der Waals surface area contributed by atoms with Crippen LogP contribution >= 0.6 is 23.1 Å². The number of carbonyl (C=O) groups excluding carboxylic acids is 1. The Morgan fingerprint density at radius 2 is 2.09 bits per heavy atom. The van der Waals surface area contributed by atoms with Crippen LogP contribution < -0.4 is 10.9 Å². The lowest BCUT2D eigenvalue weighted by atomic mass is 10.1. The zero-order valence-electron chi connectivity index (χ0n) is 17.8. The first-order valence-corrected chi connectivity index (χ1v) is 12.3. The topological polar surface area (TPSA) is 90.5 Å². The number of hydrogen-bond donors (Lipinski definition) is 1. The van der Waals surface area contributed by atoms with Gasteiger partial charge < -0.3 is 10.1 Å². The number of anilines is 1. The minimum Gasteiger partial charge on any atom is -0.376 e. The summed E-state index contributed by atoms with van der Waals surface area (Å²) in [5.41, 5.74) is 3.67. The average Bonchev–Trinajstić information content (AvgIpc) is 3.49. The molecule has 0 radical (unpaired) electrons. The van der Waals surface area contributed by atoms with Gasteiger partial charge in [0.2, 0.25) is 11.7 Å². The molecule has 3 aromatic heterocycles. The van der Waals surface area contributed by atoms with Crippen LogP contribution in [0.25, 0.3) is 16.0 Å². The Kier molecular flexibility index (Phi) is 5.75. The lowest BCUT2D eigenvalue weighted by Gasteiger charge is -2.13. The number of aryl methyl sites for hydroxylation is 2. The zero-order valence-corrected chi connectivity index (χ0v) is 19.5. The summed E-state index contributed by atoms with van der Waals surface area (Å²) < 4.78 is 9.92. The quantitative estimate of drug-likeness (QED) is 0.434. The molecule has 1 fully saturated rings. The molecule has 1 N–H and O–H groups in total. The van der Waals surface area contributed by atoms with Crippen LogP contribution in [-0.2, 0) is 16.1 Å². The normalized spacial score (nSPS) is 16.2. The Labute approximate surface area is 192 Å². The van der Waals surface area contributed by atoms with E-state index in [0.29, 0.717) is 22.2 Å². The second-order valence-electron chi connectivity index (χ2n) is 8.02. The maximum atomic E-state index is 13.1. The third-order valence-electron chi connectivity index (χ3n) is 5.43. The van der Waals surface area contributed by atoms with Crippen LogP contribution in [0.1, 0.15) is 24.0 Å². The van der Waals surface area contributed by atoms with Crippen molar-refractivity contribution in [2.75, 3.05) is 17.7 Å². The summed E-state index contributed by atoms with van der Waals surface area (Å²) in [5, 5.41) is 14.0. The summed E-state index contributed by atoms with van der Waals surface area (Å²) >= 11 is 2.71. The standard InChI is InChI=1S/C22H23N5O3S2/c1-13-8-14(2)10-15(9-13)23-18(28)12-32-22-25-24-21-26(11-16-4-3-6-30-16)20(29)19-17(27(21)22)5-7-31-19/h5,7-10,16H,3-4,6,11-12H2,1-2H3,(H,23,28)/t16-/m0/s1. The SMILES string of the molecule is Cc1cc(C)cc(NC(=O)CSc2nnc3n(C[C@@H]4CCCO4)c(=O)c4sccc4n23)c1. The molecule has 4 heterocycles. The van der Waals surface area contributed by atoms with Crippen LogP contribution in [0.2, 0.25) is 0 Å². The second-order valence-corrected chi connectivity index (χ2v) is 9.88. The van der Waals surface area contributed by atoms with E-state index >= 15 is 0 Å². The molecule has 8 nitrogen and oxygen atoms in total. The van der Waals surface area contributed by atoms with E-state index in [1.165, 1.54) is 23.1 Å². The first-order chi connectivity index (χ1) is 15.5. The molecular formula is C22H23N5O3S2. The maximum Gasteiger partial charge on any atom is 0.272 e. The van der Waals surface area contributed by atoms with Gasteiger partial charge in [0.05, 0.1) is 23.9 Å². The number of benzene rings is 1. The summed E-state index contributed by atoms with van der Waals surface area (Å²) in [4.78, 5) is 25.7. The van der Waals surface area contributed by atoms with Gasteiger partial charge in [-0.3, -0.25) is 18.6 Å². The highest BCUT2D eigenvalue weighted by atomic mass is 32.2. The molecule has 10 heteroatoms. The molecule has 0 unspecified atom stereocenters. The number of nitrogens with one attached hydrogen (secondary N) is 1. The van der Waals surface area contributed by atoms with Gasteiger partial charge in [-0.05, 0) is 61.4 Å². The molecule has 1 amide bonds. The first-order valence-electron chi connectivity index (χ1n) is 10.5. The van der Waals surface area contributed by atoms with Crippen molar-refractivity contribution in [3.63, 3.8) is 0 Å². The lowest BCUT2D eigenvalue weighted by molar-refractivity contribution is -0.113. The molecule has 0 aliphatic carbocycles. The van der Waals surface area contributed by atoms with Crippen LogP contribution in [0.4, 0.5) is 5.69 Å². The van der Waals surface area contributed by atoms with E-state index in [9.17, 15) is 9.59 Å². The minimum absolute atomic E-state index is 0.00489. The Morgan fingerprint density at radius 1 is 1.28 bits per heavy atom. The molecule has 5 rings (SSSR count). The predicted octanol–water partition coefficient (Wildman–Crippen LogP) is 3.63. The minimum atomic E-state index is -0.119. The Balaban J connectivity index is 1.42. The number of thioether (sulfide) groups is 1. The molecule has 0 saturated carbocycles. The average molecular weight is 470 g/mol. The number of rotatable bonds is 6. The smallest absolute Gasteiger partial charge is 0.272 e. The number of fused-ring (bicyclic) bond motifs is 3. The molecular weight excluding hydrogens is 446 g/mol. The third kappa shape index (κ3) is 4.05. The van der Waals surface area contributed by atoms with Crippen LogP contribution in [0.3, 0.4) is 0 Å². The van der Waals surface area contributed by atoms with Crippen LogP contribution in [0, 0.1) is 13.8 Å². The molecule has 1 aliphatic heterocycles. The Bertz CT molecular complexity index is 1350. The van der Waals surface area contributed by atoms with Crippen molar-refractivity contribution in [1.82, 2.24) is 19.2 Å². The summed E-state index contributed by atoms with van der Waals surface area (Å²) in [6, 6.07) is 7.85. The maximum absolute atomic E-state index is 13.1. The molecule has 4 aromatic rings. The van der Waals surface area contributed by atoms with Gasteiger partial charge in [-0.25, -0.2) is 0 Å². The van der Waals surface area contributed by atoms with Gasteiger partial charge in [0.25, 0.3) is 5.56 Å². The van der Waals surface area contributed by atoms with Gasteiger partial charge in [-0.15, -0.1) is 21.5 Å². The van der Waals surface area contributed by atoms with Crippen LogP contribution in [0.15, 0.2) is 39.6 Å². The highest BCUT2D eigenvalue weighted by Crippen LogP contribution is 2.25. The molecule has 1 atom stereocenters. The fourth-order valence-electron chi connectivity index (χ4n) is 4.12. The summed E-state index contributed by atoms with van der Waals surface area (Å²) in [6.45, 7) is 5.18. The number of nitrogens with zero attached hydrogens (tertiary/aromatic N) is 4. The van der Waals surface area contributed by atoms with E-state index in [1.807, 2.05) is 41.8 Å². The number of aromatic nitrogens is 4. The van der Waals surface area contributed by atoms with Gasteiger partial charge in [0, 0.05) is 12.3 Å². The lowest BCUT2D eigenvalue weighted by Crippen LogP contribution is -2.28. The van der Waals surface area contributed by atoms with Crippen molar-refractivity contribution in [3.8, 4) is 0 Å². The fourth-order valence-corrected chi connectivity index (χ4v) is 5.69. The number of amides is 1. The van der Waals surface area contributed by atoms with Gasteiger partial charge in [0.1, 0.15) is 4.70 Å². The molecule has 1 saturated heterocycles. The molecule has 1 aliphatic rings. The zero-order chi connectivity index (χ0) is 22.2. The number of thiophene rings is 1. The summed E-state index contributed by atoms with van der Waals surface area (Å²) in [7, 11) is 0. The number of carbonyl (C=O) groups is 1.